The maximum atomic E-state index is 13.5. The summed E-state index contributed by atoms with van der Waals surface area (Å²) in [5.74, 6) is 0.683. The Morgan fingerprint density at radius 1 is 0.879 bits per heavy atom. The molecule has 0 aliphatic carbocycles. The fraction of sp³-hybridized carbons (Fsp3) is 0.192. The van der Waals surface area contributed by atoms with Crippen LogP contribution in [0.2, 0.25) is 0 Å². The number of hydrogen-bond donors (Lipinski definition) is 1. The molecule has 1 atom stereocenters. The van der Waals surface area contributed by atoms with Gasteiger partial charge in [-0.3, -0.25) is 14.7 Å². The summed E-state index contributed by atoms with van der Waals surface area (Å²) < 4.78 is 10.7. The molecule has 33 heavy (non-hydrogen) atoms. The number of methoxy groups -OCH3 is 2. The Balaban J connectivity index is 1.55. The van der Waals surface area contributed by atoms with E-state index in [0.717, 1.165) is 21.7 Å². The van der Waals surface area contributed by atoms with E-state index in [1.54, 1.807) is 32.2 Å². The predicted octanol–water partition coefficient (Wildman–Crippen LogP) is 4.37. The Morgan fingerprint density at radius 2 is 1.55 bits per heavy atom. The summed E-state index contributed by atoms with van der Waals surface area (Å²) in [4.78, 5) is 32.5. The number of pyridine rings is 1. The minimum absolute atomic E-state index is 0.0683. The summed E-state index contributed by atoms with van der Waals surface area (Å²) in [5, 5.41) is 5.83. The van der Waals surface area contributed by atoms with Gasteiger partial charge in [-0.05, 0) is 36.1 Å². The highest BCUT2D eigenvalue weighted by Crippen LogP contribution is 2.36. The Bertz CT molecular complexity index is 1420. The number of fused-ring (bicyclic) bond motifs is 3. The largest absolute Gasteiger partial charge is 0.493 e. The standard InChI is InChI=1S/C26H23N3O4/c1-26(16-12-13-22(32-2)23(14-16)33-3)24(30)29(25(31)28-26)15-21-19-10-5-4-8-17(19)18-9-6-7-11-20(18)27-21/h4-14H,15H2,1-3H3,(H,28,31). The van der Waals surface area contributed by atoms with E-state index in [1.807, 2.05) is 48.5 Å². The van der Waals surface area contributed by atoms with E-state index < -0.39 is 11.6 Å². The molecule has 166 valence electrons. The molecule has 2 heterocycles. The van der Waals surface area contributed by atoms with Crippen molar-refractivity contribution in [2.24, 2.45) is 0 Å². The van der Waals surface area contributed by atoms with Crippen molar-refractivity contribution in [2.75, 3.05) is 14.2 Å². The molecular formula is C26H23N3O4. The molecular weight excluding hydrogens is 418 g/mol. The normalized spacial score (nSPS) is 18.1. The molecule has 1 aromatic heterocycles. The van der Waals surface area contributed by atoms with Crippen LogP contribution in [-0.2, 0) is 16.9 Å². The summed E-state index contributed by atoms with van der Waals surface area (Å²) in [6.45, 7) is 1.76. The van der Waals surface area contributed by atoms with Gasteiger partial charge >= 0.3 is 6.03 Å². The van der Waals surface area contributed by atoms with Crippen LogP contribution >= 0.6 is 0 Å². The lowest BCUT2D eigenvalue weighted by atomic mass is 9.91. The van der Waals surface area contributed by atoms with Gasteiger partial charge in [-0.15, -0.1) is 0 Å². The van der Waals surface area contributed by atoms with Gasteiger partial charge in [0, 0.05) is 10.8 Å². The van der Waals surface area contributed by atoms with Crippen molar-refractivity contribution in [1.29, 1.82) is 0 Å². The first-order chi connectivity index (χ1) is 16.0. The quantitative estimate of drug-likeness (QED) is 0.367. The molecule has 1 aliphatic heterocycles. The molecule has 0 saturated carbocycles. The maximum absolute atomic E-state index is 13.5. The molecule has 7 heteroatoms. The van der Waals surface area contributed by atoms with Crippen molar-refractivity contribution < 1.29 is 19.1 Å². The first kappa shape index (κ1) is 20.8. The van der Waals surface area contributed by atoms with E-state index in [4.69, 9.17) is 14.5 Å². The Kier molecular flexibility index (Phi) is 4.89. The number of para-hydroxylation sites is 1. The van der Waals surface area contributed by atoms with Crippen molar-refractivity contribution in [3.8, 4) is 11.5 Å². The van der Waals surface area contributed by atoms with Crippen LogP contribution in [0.25, 0.3) is 21.7 Å². The molecule has 3 aromatic carbocycles. The smallest absolute Gasteiger partial charge is 0.325 e. The monoisotopic (exact) mass is 441 g/mol. The van der Waals surface area contributed by atoms with Crippen LogP contribution < -0.4 is 14.8 Å². The zero-order chi connectivity index (χ0) is 23.2. The number of carbonyl (C=O) groups is 2. The van der Waals surface area contributed by atoms with Crippen LogP contribution in [0, 0.1) is 0 Å². The van der Waals surface area contributed by atoms with Crippen molar-refractivity contribution in [3.63, 3.8) is 0 Å². The third-order valence-electron chi connectivity index (χ3n) is 6.23. The van der Waals surface area contributed by atoms with Gasteiger partial charge in [0.25, 0.3) is 5.91 Å². The molecule has 5 rings (SSSR count). The molecule has 0 radical (unpaired) electrons. The number of ether oxygens (including phenoxy) is 2. The van der Waals surface area contributed by atoms with Gasteiger partial charge in [-0.1, -0.05) is 48.5 Å². The molecule has 0 spiro atoms. The second-order valence-corrected chi connectivity index (χ2v) is 8.14. The second-order valence-electron chi connectivity index (χ2n) is 8.14. The fourth-order valence-corrected chi connectivity index (χ4v) is 4.43. The summed E-state index contributed by atoms with van der Waals surface area (Å²) in [5.41, 5.74) is 0.867. The lowest BCUT2D eigenvalue weighted by Crippen LogP contribution is -2.40. The lowest BCUT2D eigenvalue weighted by Gasteiger charge is -2.23. The van der Waals surface area contributed by atoms with Gasteiger partial charge in [0.2, 0.25) is 0 Å². The number of urea groups is 1. The topological polar surface area (TPSA) is 80.8 Å². The average molecular weight is 441 g/mol. The van der Waals surface area contributed by atoms with Crippen LogP contribution in [-0.4, -0.2) is 36.0 Å². The number of amides is 3. The first-order valence-corrected chi connectivity index (χ1v) is 10.6. The van der Waals surface area contributed by atoms with Crippen molar-refractivity contribution in [2.45, 2.75) is 19.0 Å². The average Bonchev–Trinajstić information content (AvgIpc) is 3.07. The molecule has 0 bridgehead atoms. The number of benzene rings is 3. The number of imide groups is 1. The van der Waals surface area contributed by atoms with E-state index in [-0.39, 0.29) is 12.5 Å². The summed E-state index contributed by atoms with van der Waals surface area (Å²) in [7, 11) is 3.08. The van der Waals surface area contributed by atoms with E-state index in [1.165, 1.54) is 12.0 Å². The van der Waals surface area contributed by atoms with Crippen molar-refractivity contribution in [1.82, 2.24) is 15.2 Å². The molecule has 3 amide bonds. The van der Waals surface area contributed by atoms with Crippen LogP contribution in [0.3, 0.4) is 0 Å². The third kappa shape index (κ3) is 3.24. The second kappa shape index (κ2) is 7.78. The minimum atomic E-state index is -1.23. The Hall–Kier alpha value is -4.13. The maximum Gasteiger partial charge on any atom is 0.325 e. The van der Waals surface area contributed by atoms with Gasteiger partial charge in [-0.2, -0.15) is 0 Å². The Labute approximate surface area is 190 Å². The van der Waals surface area contributed by atoms with Gasteiger partial charge < -0.3 is 14.8 Å². The van der Waals surface area contributed by atoms with E-state index in [2.05, 4.69) is 5.32 Å². The van der Waals surface area contributed by atoms with Crippen LogP contribution in [0.4, 0.5) is 4.79 Å². The van der Waals surface area contributed by atoms with Gasteiger partial charge in [0.05, 0.1) is 32.0 Å². The Morgan fingerprint density at radius 3 is 2.27 bits per heavy atom. The first-order valence-electron chi connectivity index (χ1n) is 10.6. The summed E-state index contributed by atoms with van der Waals surface area (Å²) >= 11 is 0. The highest BCUT2D eigenvalue weighted by molar-refractivity contribution is 6.09. The minimum Gasteiger partial charge on any atom is -0.493 e. The molecule has 1 unspecified atom stereocenters. The van der Waals surface area contributed by atoms with E-state index >= 15 is 0 Å². The van der Waals surface area contributed by atoms with Gasteiger partial charge in [-0.25, -0.2) is 4.79 Å². The van der Waals surface area contributed by atoms with Gasteiger partial charge in [0.1, 0.15) is 5.54 Å². The summed E-state index contributed by atoms with van der Waals surface area (Å²) in [6, 6.07) is 20.5. The highest BCUT2D eigenvalue weighted by Gasteiger charge is 2.49. The molecule has 4 aromatic rings. The zero-order valence-corrected chi connectivity index (χ0v) is 18.6. The van der Waals surface area contributed by atoms with Crippen molar-refractivity contribution in [3.05, 3.63) is 78.0 Å². The molecule has 7 nitrogen and oxygen atoms in total. The predicted molar refractivity (Wildman–Crippen MR) is 125 cm³/mol. The van der Waals surface area contributed by atoms with E-state index in [0.29, 0.717) is 22.8 Å². The third-order valence-corrected chi connectivity index (χ3v) is 6.23. The number of rotatable bonds is 5. The van der Waals surface area contributed by atoms with Crippen LogP contribution in [0.1, 0.15) is 18.2 Å². The number of nitrogens with one attached hydrogen (secondary N) is 1. The van der Waals surface area contributed by atoms with Gasteiger partial charge in [0.15, 0.2) is 11.5 Å². The zero-order valence-electron chi connectivity index (χ0n) is 18.6. The number of carbonyl (C=O) groups excluding carboxylic acids is 2. The fourth-order valence-electron chi connectivity index (χ4n) is 4.43. The molecule has 1 aliphatic rings. The number of hydrogen-bond acceptors (Lipinski definition) is 5. The SMILES string of the molecule is COc1ccc(C2(C)NC(=O)N(Cc3nc4ccccc4c4ccccc34)C2=O)cc1OC. The summed E-state index contributed by atoms with van der Waals surface area (Å²) in [6.07, 6.45) is 0. The molecule has 1 fully saturated rings. The van der Waals surface area contributed by atoms with Crippen LogP contribution in [0.15, 0.2) is 66.7 Å². The van der Waals surface area contributed by atoms with E-state index in [9.17, 15) is 9.59 Å². The van der Waals surface area contributed by atoms with Crippen molar-refractivity contribution >= 4 is 33.6 Å². The number of aromatic nitrogens is 1. The molecule has 1 N–H and O–H groups in total. The molecule has 1 saturated heterocycles. The highest BCUT2D eigenvalue weighted by atomic mass is 16.5. The lowest BCUT2D eigenvalue weighted by molar-refractivity contribution is -0.131. The van der Waals surface area contributed by atoms with Crippen LogP contribution in [0.5, 0.6) is 11.5 Å². The number of nitrogens with zero attached hydrogens (tertiary/aromatic N) is 2.